The van der Waals surface area contributed by atoms with Crippen LogP contribution in [-0.2, 0) is 23.9 Å². The minimum absolute atomic E-state index is 0.0200. The third-order valence-electron chi connectivity index (χ3n) is 5.57. The maximum Gasteiger partial charge on any atom is 0.407 e. The Kier molecular flexibility index (Phi) is 15.0. The first-order valence-electron chi connectivity index (χ1n) is 12.1. The van der Waals surface area contributed by atoms with Gasteiger partial charge in [-0.15, -0.1) is 11.6 Å². The molecule has 15 heteroatoms. The number of hydrogen-bond acceptors (Lipinski definition) is 10. The van der Waals surface area contributed by atoms with Crippen LogP contribution in [-0.4, -0.2) is 87.6 Å². The van der Waals surface area contributed by atoms with E-state index in [9.17, 15) is 29.3 Å². The van der Waals surface area contributed by atoms with Crippen molar-refractivity contribution in [2.45, 2.75) is 38.2 Å². The molecule has 0 spiro atoms. The molecular formula is C24H35ClN4O10. The van der Waals surface area contributed by atoms with Crippen molar-refractivity contribution in [1.82, 2.24) is 15.5 Å². The van der Waals surface area contributed by atoms with E-state index in [0.717, 1.165) is 0 Å². The summed E-state index contributed by atoms with van der Waals surface area (Å²) >= 11 is 5.41. The molecule has 0 saturated heterocycles. The van der Waals surface area contributed by atoms with E-state index in [1.807, 2.05) is 0 Å². The number of unbranched alkanes of at least 4 members (excludes halogenated alkanes) is 1. The highest BCUT2D eigenvalue weighted by Crippen LogP contribution is 2.39. The molecule has 0 aliphatic rings. The molecule has 0 radical (unpaired) electrons. The Morgan fingerprint density at radius 3 is 2.23 bits per heavy atom. The van der Waals surface area contributed by atoms with Crippen molar-refractivity contribution in [3.8, 4) is 11.5 Å². The van der Waals surface area contributed by atoms with Crippen LogP contribution in [0.1, 0.15) is 43.8 Å². The molecule has 0 aliphatic carbocycles. The van der Waals surface area contributed by atoms with E-state index in [4.69, 9.17) is 25.8 Å². The first kappa shape index (κ1) is 33.2. The predicted octanol–water partition coefficient (Wildman–Crippen LogP) is 2.32. The van der Waals surface area contributed by atoms with Crippen molar-refractivity contribution in [2.75, 3.05) is 53.9 Å². The number of methoxy groups -OCH3 is 3. The molecule has 218 valence electrons. The normalized spacial score (nSPS) is 11.1. The summed E-state index contributed by atoms with van der Waals surface area (Å²) in [6, 6.07) is 2.52. The number of nitrogens with zero attached hydrogens (tertiary/aromatic N) is 2. The van der Waals surface area contributed by atoms with Crippen LogP contribution in [0.15, 0.2) is 12.1 Å². The lowest BCUT2D eigenvalue weighted by atomic mass is 10.0. The Morgan fingerprint density at radius 2 is 1.64 bits per heavy atom. The van der Waals surface area contributed by atoms with Crippen molar-refractivity contribution in [1.29, 1.82) is 0 Å². The molecule has 1 aromatic carbocycles. The molecular weight excluding hydrogens is 540 g/mol. The standard InChI is InChI=1S/C24H35ClN4O10/c1-28(22(31)7-5-6-8-23(32)38-4)12-9-18(39-24(33)27-11-10-26-21(30)15-25)16-13-19(36-2)20(37-3)14-17(16)29(34)35/h13-14,18H,5-12,15H2,1-4H3,(H,26,30)(H,27,33). The monoisotopic (exact) mass is 574 g/mol. The second-order valence-electron chi connectivity index (χ2n) is 8.21. The van der Waals surface area contributed by atoms with Crippen LogP contribution in [0.2, 0.25) is 0 Å². The highest BCUT2D eigenvalue weighted by molar-refractivity contribution is 6.27. The molecule has 1 atom stereocenters. The van der Waals surface area contributed by atoms with Crippen molar-refractivity contribution in [2.24, 2.45) is 0 Å². The number of carbonyl (C=O) groups is 4. The highest BCUT2D eigenvalue weighted by atomic mass is 35.5. The van der Waals surface area contributed by atoms with Gasteiger partial charge in [0.15, 0.2) is 11.5 Å². The summed E-state index contributed by atoms with van der Waals surface area (Å²) in [5, 5.41) is 16.8. The fourth-order valence-electron chi connectivity index (χ4n) is 3.44. The minimum Gasteiger partial charge on any atom is -0.493 e. The van der Waals surface area contributed by atoms with Gasteiger partial charge in [-0.1, -0.05) is 0 Å². The van der Waals surface area contributed by atoms with Gasteiger partial charge >= 0.3 is 12.1 Å². The maximum atomic E-state index is 12.5. The highest BCUT2D eigenvalue weighted by Gasteiger charge is 2.29. The number of hydrogen-bond donors (Lipinski definition) is 2. The number of nitro groups is 1. The largest absolute Gasteiger partial charge is 0.493 e. The van der Waals surface area contributed by atoms with Crippen LogP contribution < -0.4 is 20.1 Å². The summed E-state index contributed by atoms with van der Waals surface area (Å²) in [6.45, 7) is 0.215. The van der Waals surface area contributed by atoms with E-state index >= 15 is 0 Å². The number of amides is 3. The fourth-order valence-corrected chi connectivity index (χ4v) is 3.53. The summed E-state index contributed by atoms with van der Waals surface area (Å²) in [5.41, 5.74) is -0.321. The van der Waals surface area contributed by atoms with Gasteiger partial charge < -0.3 is 34.5 Å². The second kappa shape index (κ2) is 17.7. The Balaban J connectivity index is 3.03. The van der Waals surface area contributed by atoms with Crippen molar-refractivity contribution >= 4 is 41.2 Å². The first-order chi connectivity index (χ1) is 18.6. The molecule has 1 unspecified atom stereocenters. The van der Waals surface area contributed by atoms with Crippen LogP contribution in [0.25, 0.3) is 0 Å². The third-order valence-corrected chi connectivity index (χ3v) is 5.81. The number of carbonyl (C=O) groups excluding carboxylic acids is 4. The van der Waals surface area contributed by atoms with Crippen molar-refractivity contribution in [3.05, 3.63) is 27.8 Å². The third kappa shape index (κ3) is 11.6. The van der Waals surface area contributed by atoms with Gasteiger partial charge in [0.1, 0.15) is 12.0 Å². The number of ether oxygens (including phenoxy) is 4. The summed E-state index contributed by atoms with van der Waals surface area (Å²) < 4.78 is 20.5. The quantitative estimate of drug-likeness (QED) is 0.0922. The van der Waals surface area contributed by atoms with Crippen LogP contribution in [0.5, 0.6) is 11.5 Å². The van der Waals surface area contributed by atoms with Crippen LogP contribution in [0.3, 0.4) is 0 Å². The molecule has 3 amide bonds. The SMILES string of the molecule is COC(=O)CCCCC(=O)N(C)CCC(OC(=O)NCCNC(=O)CCl)c1cc(OC)c(OC)cc1[N+](=O)[O-]. The number of rotatable bonds is 17. The van der Waals surface area contributed by atoms with E-state index in [1.54, 1.807) is 7.05 Å². The zero-order valence-electron chi connectivity index (χ0n) is 22.5. The Bertz CT molecular complexity index is 1010. The number of benzene rings is 1. The number of nitrogens with one attached hydrogen (secondary N) is 2. The van der Waals surface area contributed by atoms with Crippen LogP contribution >= 0.6 is 11.6 Å². The minimum atomic E-state index is -1.14. The van der Waals surface area contributed by atoms with Gasteiger partial charge in [0, 0.05) is 45.9 Å². The van der Waals surface area contributed by atoms with E-state index in [1.165, 1.54) is 38.4 Å². The predicted molar refractivity (Wildman–Crippen MR) is 140 cm³/mol. The fraction of sp³-hybridized carbons (Fsp3) is 0.583. The van der Waals surface area contributed by atoms with Gasteiger partial charge in [-0.2, -0.15) is 0 Å². The zero-order valence-corrected chi connectivity index (χ0v) is 23.2. The lowest BCUT2D eigenvalue weighted by molar-refractivity contribution is -0.386. The molecule has 0 aliphatic heterocycles. The number of esters is 1. The van der Waals surface area contributed by atoms with E-state index in [0.29, 0.717) is 12.8 Å². The Hall–Kier alpha value is -3.81. The average Bonchev–Trinajstić information content (AvgIpc) is 2.93. The van der Waals surface area contributed by atoms with E-state index in [2.05, 4.69) is 15.4 Å². The molecule has 0 fully saturated rings. The lowest BCUT2D eigenvalue weighted by Gasteiger charge is -2.23. The summed E-state index contributed by atoms with van der Waals surface area (Å²) in [6.07, 6.45) is -0.653. The van der Waals surface area contributed by atoms with E-state index < -0.39 is 23.0 Å². The smallest absolute Gasteiger partial charge is 0.407 e. The summed E-state index contributed by atoms with van der Waals surface area (Å²) in [5.74, 6) is -0.903. The molecule has 0 saturated carbocycles. The van der Waals surface area contributed by atoms with Gasteiger partial charge in [-0.3, -0.25) is 24.5 Å². The topological polar surface area (TPSA) is 176 Å². The number of halogens is 1. The Morgan fingerprint density at radius 1 is 1.03 bits per heavy atom. The molecule has 0 aromatic heterocycles. The average molecular weight is 575 g/mol. The molecule has 0 bridgehead atoms. The summed E-state index contributed by atoms with van der Waals surface area (Å²) in [7, 11) is 5.54. The molecule has 39 heavy (non-hydrogen) atoms. The number of alkyl carbamates (subject to hydrolysis) is 1. The lowest BCUT2D eigenvalue weighted by Crippen LogP contribution is -2.36. The van der Waals surface area contributed by atoms with Gasteiger partial charge in [0.05, 0.1) is 37.9 Å². The molecule has 1 aromatic rings. The van der Waals surface area contributed by atoms with Crippen molar-refractivity contribution in [3.63, 3.8) is 0 Å². The zero-order chi connectivity index (χ0) is 29.4. The number of alkyl halides is 1. The van der Waals surface area contributed by atoms with Crippen molar-refractivity contribution < 1.29 is 43.0 Å². The van der Waals surface area contributed by atoms with Gasteiger partial charge in [0.25, 0.3) is 5.69 Å². The summed E-state index contributed by atoms with van der Waals surface area (Å²) in [4.78, 5) is 60.2. The maximum absolute atomic E-state index is 12.5. The van der Waals surface area contributed by atoms with Gasteiger partial charge in [-0.25, -0.2) is 4.79 Å². The van der Waals surface area contributed by atoms with Gasteiger partial charge in [0.2, 0.25) is 11.8 Å². The Labute approximate surface area is 231 Å². The molecule has 0 heterocycles. The molecule has 14 nitrogen and oxygen atoms in total. The van der Waals surface area contributed by atoms with Crippen LogP contribution in [0, 0.1) is 10.1 Å². The van der Waals surface area contributed by atoms with Gasteiger partial charge in [-0.05, 0) is 18.9 Å². The molecule has 2 N–H and O–H groups in total. The second-order valence-corrected chi connectivity index (χ2v) is 8.48. The van der Waals surface area contributed by atoms with Crippen LogP contribution in [0.4, 0.5) is 10.5 Å². The number of nitro benzene ring substituents is 1. The molecule has 1 rings (SSSR count). The van der Waals surface area contributed by atoms with E-state index in [-0.39, 0.29) is 79.4 Å². The first-order valence-corrected chi connectivity index (χ1v) is 12.6.